The Morgan fingerprint density at radius 1 is 0.778 bits per heavy atom. The minimum Gasteiger partial charge on any atom is -0.204 e. The summed E-state index contributed by atoms with van der Waals surface area (Å²) in [6, 6.07) is 23.1. The van der Waals surface area contributed by atoms with Crippen molar-refractivity contribution in [1.82, 2.24) is 0 Å². The molecule has 0 nitrogen and oxygen atoms in total. The summed E-state index contributed by atoms with van der Waals surface area (Å²) in [6.45, 7) is 0. The molecule has 5 rings (SSSR count). The van der Waals surface area contributed by atoms with Gasteiger partial charge in [-0.3, -0.25) is 0 Å². The van der Waals surface area contributed by atoms with Gasteiger partial charge >= 0.3 is 0 Å². The summed E-state index contributed by atoms with van der Waals surface area (Å²) in [4.78, 5) is 2.05. The van der Waals surface area contributed by atoms with Crippen molar-refractivity contribution in [2.24, 2.45) is 0 Å². The van der Waals surface area contributed by atoms with E-state index in [1.165, 1.54) is 6.07 Å². The first kappa shape index (κ1) is 17.1. The molecule has 0 radical (unpaired) electrons. The van der Waals surface area contributed by atoms with Crippen molar-refractivity contribution in [2.45, 2.75) is 3.92 Å². The van der Waals surface area contributed by atoms with Gasteiger partial charge in [0.2, 0.25) is 0 Å². The van der Waals surface area contributed by atoms with Crippen molar-refractivity contribution >= 4 is 33.9 Å². The van der Waals surface area contributed by atoms with Crippen LogP contribution >= 0.6 is 33.9 Å². The molecule has 1 aromatic heterocycles. The molecule has 132 valence electrons. The fourth-order valence-corrected chi connectivity index (χ4v) is 5.94. The predicted molar refractivity (Wildman–Crippen MR) is 116 cm³/mol. The Balaban J connectivity index is 1.88. The lowest BCUT2D eigenvalue weighted by Gasteiger charge is -2.15. The molecule has 1 aliphatic carbocycles. The van der Waals surface area contributed by atoms with Crippen LogP contribution in [0.2, 0.25) is 0 Å². The lowest BCUT2D eigenvalue weighted by molar-refractivity contribution is 0.510. The van der Waals surface area contributed by atoms with Gasteiger partial charge in [-0.05, 0) is 34.4 Å². The minimum absolute atomic E-state index is 0.0383. The highest BCUT2D eigenvalue weighted by molar-refractivity contribution is 14.1. The smallest absolute Gasteiger partial charge is 0.167 e. The number of rotatable bonds is 1. The highest BCUT2D eigenvalue weighted by Crippen LogP contribution is 2.53. The quantitative estimate of drug-likeness (QED) is 0.190. The Morgan fingerprint density at radius 3 is 2.33 bits per heavy atom. The summed E-state index contributed by atoms with van der Waals surface area (Å²) in [5.41, 5.74) is 5.28. The molecule has 3 aromatic carbocycles. The molecule has 1 unspecified atom stereocenters. The van der Waals surface area contributed by atoms with Gasteiger partial charge in [-0.15, -0.1) is 11.3 Å². The van der Waals surface area contributed by atoms with E-state index < -0.39 is 11.6 Å². The molecule has 0 bridgehead atoms. The lowest BCUT2D eigenvalue weighted by Crippen LogP contribution is -1.98. The van der Waals surface area contributed by atoms with Crippen molar-refractivity contribution in [3.63, 3.8) is 0 Å². The van der Waals surface area contributed by atoms with Crippen LogP contribution in [-0.2, 0) is 0 Å². The van der Waals surface area contributed by atoms with Gasteiger partial charge in [0.25, 0.3) is 0 Å². The molecular weight excluding hydrogens is 473 g/mol. The van der Waals surface area contributed by atoms with E-state index >= 15 is 0 Å². The van der Waals surface area contributed by atoms with Crippen LogP contribution in [0.1, 0.15) is 15.1 Å². The molecule has 4 heteroatoms. The van der Waals surface area contributed by atoms with Gasteiger partial charge < -0.3 is 0 Å². The molecular formula is C23H13F2IS. The average molecular weight is 486 g/mol. The van der Waals surface area contributed by atoms with Crippen LogP contribution in [0.15, 0.2) is 72.8 Å². The van der Waals surface area contributed by atoms with Gasteiger partial charge in [0.1, 0.15) is 0 Å². The second-order valence-corrected chi connectivity index (χ2v) is 8.79. The first-order valence-corrected chi connectivity index (χ1v) is 10.6. The van der Waals surface area contributed by atoms with E-state index in [4.69, 9.17) is 0 Å². The molecule has 0 spiro atoms. The molecule has 0 aliphatic heterocycles. The zero-order chi connectivity index (χ0) is 18.5. The molecule has 4 aromatic rings. The van der Waals surface area contributed by atoms with E-state index in [-0.39, 0.29) is 3.92 Å². The molecule has 1 aliphatic rings. The summed E-state index contributed by atoms with van der Waals surface area (Å²) < 4.78 is 29.1. The number of fused-ring (bicyclic) bond motifs is 5. The monoisotopic (exact) mass is 486 g/mol. The molecule has 1 atom stereocenters. The third kappa shape index (κ3) is 2.65. The Labute approximate surface area is 173 Å². The number of alkyl halides is 1. The number of hydrogen-bond acceptors (Lipinski definition) is 1. The maximum atomic E-state index is 15.0. The second-order valence-electron chi connectivity index (χ2n) is 6.49. The van der Waals surface area contributed by atoms with Crippen molar-refractivity contribution in [1.29, 1.82) is 0 Å². The van der Waals surface area contributed by atoms with Crippen LogP contribution in [0, 0.1) is 11.6 Å². The first-order chi connectivity index (χ1) is 13.1. The van der Waals surface area contributed by atoms with Crippen LogP contribution in [0.3, 0.4) is 0 Å². The van der Waals surface area contributed by atoms with Crippen LogP contribution in [0.5, 0.6) is 0 Å². The largest absolute Gasteiger partial charge is 0.204 e. The Bertz CT molecular complexity index is 1160. The summed E-state index contributed by atoms with van der Waals surface area (Å²) in [5, 5.41) is 0. The van der Waals surface area contributed by atoms with Gasteiger partial charge in [-0.2, -0.15) is 0 Å². The van der Waals surface area contributed by atoms with E-state index in [2.05, 4.69) is 34.7 Å². The zero-order valence-electron chi connectivity index (χ0n) is 14.0. The SMILES string of the molecule is Fc1ccc2c(c1F)-c1cc(-c3ccccc3)sc1-c1ccccc1C2I. The van der Waals surface area contributed by atoms with Crippen LogP contribution in [0.25, 0.3) is 32.0 Å². The second kappa shape index (κ2) is 6.53. The third-order valence-electron chi connectivity index (χ3n) is 4.94. The van der Waals surface area contributed by atoms with E-state index in [1.807, 2.05) is 48.5 Å². The number of benzene rings is 3. The van der Waals surface area contributed by atoms with E-state index in [0.717, 1.165) is 37.6 Å². The van der Waals surface area contributed by atoms with Crippen molar-refractivity contribution in [2.75, 3.05) is 0 Å². The molecule has 0 amide bonds. The minimum atomic E-state index is -0.804. The highest BCUT2D eigenvalue weighted by atomic mass is 127. The number of thiophene rings is 1. The van der Waals surface area contributed by atoms with Gasteiger partial charge in [-0.1, -0.05) is 83.3 Å². The summed E-state index contributed by atoms with van der Waals surface area (Å²) >= 11 is 3.96. The number of hydrogen-bond donors (Lipinski definition) is 0. The van der Waals surface area contributed by atoms with Gasteiger partial charge in [0.05, 0.1) is 3.92 Å². The summed E-state index contributed by atoms with van der Waals surface area (Å²) in [7, 11) is 0. The van der Waals surface area contributed by atoms with Gasteiger partial charge in [0, 0.05) is 20.9 Å². The zero-order valence-corrected chi connectivity index (χ0v) is 17.0. The molecule has 0 saturated heterocycles. The molecule has 0 N–H and O–H groups in total. The fourth-order valence-electron chi connectivity index (χ4n) is 3.66. The highest BCUT2D eigenvalue weighted by Gasteiger charge is 2.30. The third-order valence-corrected chi connectivity index (χ3v) is 7.50. The molecule has 1 heterocycles. The maximum Gasteiger partial charge on any atom is 0.167 e. The van der Waals surface area contributed by atoms with Gasteiger partial charge in [0.15, 0.2) is 11.6 Å². The maximum absolute atomic E-state index is 15.0. The Kier molecular flexibility index (Phi) is 4.13. The molecule has 0 fully saturated rings. The van der Waals surface area contributed by atoms with Crippen molar-refractivity contribution in [3.8, 4) is 32.0 Å². The predicted octanol–water partition coefficient (Wildman–Crippen LogP) is 7.87. The van der Waals surface area contributed by atoms with Crippen molar-refractivity contribution < 1.29 is 8.78 Å². The standard InChI is InChI=1S/C23H13F2IS/c24-18-11-10-16-20(21(18)25)17-12-19(13-6-2-1-3-7-13)27-23(17)15-9-5-4-8-14(15)22(16)26/h1-12,22H. The molecule has 27 heavy (non-hydrogen) atoms. The number of halogens is 3. The Morgan fingerprint density at radius 2 is 1.52 bits per heavy atom. The van der Waals surface area contributed by atoms with E-state index in [0.29, 0.717) is 5.56 Å². The Hall–Kier alpha value is -2.05. The summed E-state index contributed by atoms with van der Waals surface area (Å²) in [5.74, 6) is -1.57. The van der Waals surface area contributed by atoms with Crippen LogP contribution in [0.4, 0.5) is 8.78 Å². The van der Waals surface area contributed by atoms with E-state index in [9.17, 15) is 8.78 Å². The lowest BCUT2D eigenvalue weighted by atomic mass is 9.97. The summed E-state index contributed by atoms with van der Waals surface area (Å²) in [6.07, 6.45) is 0. The molecule has 0 saturated carbocycles. The van der Waals surface area contributed by atoms with Crippen molar-refractivity contribution in [3.05, 3.63) is 95.6 Å². The topological polar surface area (TPSA) is 0 Å². The van der Waals surface area contributed by atoms with E-state index in [1.54, 1.807) is 17.4 Å². The van der Waals surface area contributed by atoms with Gasteiger partial charge in [-0.25, -0.2) is 8.78 Å². The first-order valence-electron chi connectivity index (χ1n) is 8.56. The average Bonchev–Trinajstić information content (AvgIpc) is 3.11. The normalized spacial score (nSPS) is 14.9. The van der Waals surface area contributed by atoms with Crippen LogP contribution in [-0.4, -0.2) is 0 Å². The van der Waals surface area contributed by atoms with Crippen LogP contribution < -0.4 is 0 Å². The fraction of sp³-hybridized carbons (Fsp3) is 0.0435.